The van der Waals surface area contributed by atoms with Crippen LogP contribution in [0.5, 0.6) is 5.75 Å². The van der Waals surface area contributed by atoms with Crippen LogP contribution in [0.3, 0.4) is 0 Å². The van der Waals surface area contributed by atoms with E-state index in [1.165, 1.54) is 10.4 Å². The Hall–Kier alpha value is -2.71. The second-order valence-corrected chi connectivity index (χ2v) is 10.6. The van der Waals surface area contributed by atoms with E-state index < -0.39 is 0 Å². The van der Waals surface area contributed by atoms with Crippen LogP contribution in [0.2, 0.25) is 0 Å². The van der Waals surface area contributed by atoms with Crippen LogP contribution in [0.25, 0.3) is 0 Å². The lowest BCUT2D eigenvalue weighted by Crippen LogP contribution is -2.51. The summed E-state index contributed by atoms with van der Waals surface area (Å²) in [6.45, 7) is 2.98. The van der Waals surface area contributed by atoms with Crippen molar-refractivity contribution in [2.45, 2.75) is 30.9 Å². The van der Waals surface area contributed by atoms with E-state index in [-0.39, 0.29) is 17.6 Å². The molecule has 4 rings (SSSR count). The van der Waals surface area contributed by atoms with E-state index in [4.69, 9.17) is 4.74 Å². The smallest absolute Gasteiger partial charge is 0.238 e. The first kappa shape index (κ1) is 26.4. The Balaban J connectivity index is 1.37. The van der Waals surface area contributed by atoms with Crippen LogP contribution in [0.15, 0.2) is 72.1 Å². The van der Waals surface area contributed by atoms with Crippen LogP contribution in [0.4, 0.5) is 5.69 Å². The number of nitrogens with zero attached hydrogens (tertiary/aromatic N) is 2. The fourth-order valence-electron chi connectivity index (χ4n) is 5.05. The topological polar surface area (TPSA) is 56.8 Å². The molecule has 0 bridgehead atoms. The molecule has 0 aliphatic carbocycles. The lowest BCUT2D eigenvalue weighted by molar-refractivity contribution is -0.118. The van der Waals surface area contributed by atoms with Gasteiger partial charge in [0.2, 0.25) is 5.91 Å². The third-order valence-corrected chi connectivity index (χ3v) is 8.13. The molecule has 2 heterocycles. The van der Waals surface area contributed by atoms with Crippen LogP contribution < -0.4 is 15.4 Å². The van der Waals surface area contributed by atoms with Crippen molar-refractivity contribution in [1.82, 2.24) is 15.1 Å². The molecule has 36 heavy (non-hydrogen) atoms. The molecule has 0 radical (unpaired) electrons. The van der Waals surface area contributed by atoms with Crippen molar-refractivity contribution in [2.75, 3.05) is 52.6 Å². The first-order valence-corrected chi connectivity index (χ1v) is 13.6. The van der Waals surface area contributed by atoms with E-state index in [2.05, 4.69) is 76.3 Å². The molecule has 1 amide bonds. The number of carbonyl (C=O) groups is 1. The quantitative estimate of drug-likeness (QED) is 0.385. The van der Waals surface area contributed by atoms with Gasteiger partial charge in [0.1, 0.15) is 11.9 Å². The molecule has 1 saturated heterocycles. The van der Waals surface area contributed by atoms with Crippen LogP contribution in [-0.4, -0.2) is 63.0 Å². The summed E-state index contributed by atoms with van der Waals surface area (Å²) in [7, 11) is 6.27. The van der Waals surface area contributed by atoms with Crippen LogP contribution in [-0.2, 0) is 10.3 Å². The Morgan fingerprint density at radius 2 is 1.78 bits per heavy atom. The Morgan fingerprint density at radius 3 is 2.44 bits per heavy atom. The number of benzene rings is 2. The van der Waals surface area contributed by atoms with Crippen molar-refractivity contribution in [1.29, 1.82) is 0 Å². The van der Waals surface area contributed by atoms with Crippen LogP contribution in [0.1, 0.15) is 35.8 Å². The number of ether oxygens (including phenoxy) is 1. The zero-order chi connectivity index (χ0) is 25.4. The fourth-order valence-corrected chi connectivity index (χ4v) is 5.84. The molecule has 6 nitrogen and oxygen atoms in total. The summed E-state index contributed by atoms with van der Waals surface area (Å²) in [6.07, 6.45) is 2.77. The molecule has 1 unspecified atom stereocenters. The third-order valence-electron chi connectivity index (χ3n) is 7.17. The number of rotatable bonds is 11. The van der Waals surface area contributed by atoms with Gasteiger partial charge in [-0.3, -0.25) is 14.6 Å². The van der Waals surface area contributed by atoms with Crippen molar-refractivity contribution < 1.29 is 9.53 Å². The van der Waals surface area contributed by atoms with Gasteiger partial charge in [0, 0.05) is 29.9 Å². The first-order chi connectivity index (χ1) is 17.5. The molecule has 0 spiro atoms. The van der Waals surface area contributed by atoms with Gasteiger partial charge >= 0.3 is 0 Å². The van der Waals surface area contributed by atoms with E-state index in [0.29, 0.717) is 12.3 Å². The van der Waals surface area contributed by atoms with Gasteiger partial charge in [0.05, 0.1) is 12.2 Å². The lowest BCUT2D eigenvalue weighted by Gasteiger charge is -2.46. The number of piperidine rings is 1. The number of carbonyl (C=O) groups excluding carboxylic acids is 1. The monoisotopic (exact) mass is 506 g/mol. The maximum atomic E-state index is 13.1. The molecule has 1 fully saturated rings. The van der Waals surface area contributed by atoms with Crippen molar-refractivity contribution in [2.24, 2.45) is 0 Å². The molecule has 1 aromatic heterocycles. The largest absolute Gasteiger partial charge is 0.483 e. The molecule has 3 aromatic rings. The van der Waals surface area contributed by atoms with E-state index in [0.717, 1.165) is 44.6 Å². The zero-order valence-corrected chi connectivity index (χ0v) is 22.4. The molecule has 192 valence electrons. The average Bonchev–Trinajstić information content (AvgIpc) is 3.43. The highest BCUT2D eigenvalue weighted by Crippen LogP contribution is 2.37. The standard InChI is InChI=1S/C29H38N4O2S/c1-30-18-15-26(27-14-9-21-36-27)35-25-13-8-7-12-24(25)31-28(34)22-33-19-16-29(17-20-33,32(2)3)23-10-5-4-6-11-23/h4-14,21,26,30H,15-20,22H2,1-3H3,(H,31,34). The van der Waals surface area contributed by atoms with Crippen molar-refractivity contribution in [3.05, 3.63) is 82.6 Å². The predicted molar refractivity (Wildman–Crippen MR) is 149 cm³/mol. The maximum Gasteiger partial charge on any atom is 0.238 e. The summed E-state index contributed by atoms with van der Waals surface area (Å²) in [4.78, 5) is 18.8. The van der Waals surface area contributed by atoms with Crippen molar-refractivity contribution in [3.63, 3.8) is 0 Å². The van der Waals surface area contributed by atoms with Gasteiger partial charge in [0.15, 0.2) is 0 Å². The van der Waals surface area contributed by atoms with Gasteiger partial charge in [-0.15, -0.1) is 11.3 Å². The summed E-state index contributed by atoms with van der Waals surface area (Å²) in [5.41, 5.74) is 2.08. The number of amides is 1. The second-order valence-electron chi connectivity index (χ2n) is 9.63. The van der Waals surface area contributed by atoms with Gasteiger partial charge in [-0.1, -0.05) is 48.5 Å². The van der Waals surface area contributed by atoms with Gasteiger partial charge in [-0.2, -0.15) is 0 Å². The fraction of sp³-hybridized carbons (Fsp3) is 0.414. The van der Waals surface area contributed by atoms with Crippen molar-refractivity contribution >= 4 is 22.9 Å². The number of likely N-dealkylation sites (tertiary alicyclic amines) is 1. The summed E-state index contributed by atoms with van der Waals surface area (Å²) >= 11 is 1.69. The summed E-state index contributed by atoms with van der Waals surface area (Å²) in [5.74, 6) is 0.695. The minimum Gasteiger partial charge on any atom is -0.483 e. The Kier molecular flexibility index (Phi) is 9.15. The third kappa shape index (κ3) is 6.34. The number of hydrogen-bond acceptors (Lipinski definition) is 6. The number of para-hydroxylation sites is 2. The normalized spacial score (nSPS) is 16.6. The predicted octanol–water partition coefficient (Wildman–Crippen LogP) is 4.97. The number of anilines is 1. The number of hydrogen-bond donors (Lipinski definition) is 2. The van der Waals surface area contributed by atoms with Crippen LogP contribution in [0, 0.1) is 0 Å². The molecule has 1 aliphatic rings. The molecule has 1 aliphatic heterocycles. The number of thiophene rings is 1. The summed E-state index contributed by atoms with van der Waals surface area (Å²) in [6, 6.07) is 22.6. The second kappa shape index (κ2) is 12.5. The van der Waals surface area contributed by atoms with Gasteiger partial charge in [-0.25, -0.2) is 0 Å². The summed E-state index contributed by atoms with van der Waals surface area (Å²) in [5, 5.41) is 8.39. The Labute approximate surface area is 219 Å². The summed E-state index contributed by atoms with van der Waals surface area (Å²) < 4.78 is 6.42. The van der Waals surface area contributed by atoms with Gasteiger partial charge < -0.3 is 15.4 Å². The van der Waals surface area contributed by atoms with Gasteiger partial charge in [0.25, 0.3) is 0 Å². The molecule has 2 aromatic carbocycles. The van der Waals surface area contributed by atoms with Crippen LogP contribution >= 0.6 is 11.3 Å². The maximum absolute atomic E-state index is 13.1. The highest BCUT2D eigenvalue weighted by Gasteiger charge is 2.38. The van der Waals surface area contributed by atoms with Crippen molar-refractivity contribution in [3.8, 4) is 5.75 Å². The number of nitrogens with one attached hydrogen (secondary N) is 2. The van der Waals surface area contributed by atoms with E-state index >= 15 is 0 Å². The molecule has 7 heteroatoms. The minimum atomic E-state index is -0.0604. The van der Waals surface area contributed by atoms with E-state index in [1.54, 1.807) is 11.3 Å². The highest BCUT2D eigenvalue weighted by atomic mass is 32.1. The zero-order valence-electron chi connectivity index (χ0n) is 21.6. The minimum absolute atomic E-state index is 0.00832. The lowest BCUT2D eigenvalue weighted by atomic mass is 9.80. The molecular formula is C29H38N4O2S. The molecule has 1 atom stereocenters. The Bertz CT molecular complexity index is 1080. The van der Waals surface area contributed by atoms with Gasteiger partial charge in [-0.05, 0) is 69.7 Å². The van der Waals surface area contributed by atoms with E-state index in [9.17, 15) is 4.79 Å². The Morgan fingerprint density at radius 1 is 1.06 bits per heavy atom. The molecule has 0 saturated carbocycles. The highest BCUT2D eigenvalue weighted by molar-refractivity contribution is 7.10. The van der Waals surface area contributed by atoms with E-state index in [1.807, 2.05) is 37.4 Å². The molecular weight excluding hydrogens is 468 g/mol. The SMILES string of the molecule is CNCCC(Oc1ccccc1NC(=O)CN1CCC(c2ccccc2)(N(C)C)CC1)c1cccs1. The molecule has 2 N–H and O–H groups in total. The average molecular weight is 507 g/mol. The first-order valence-electron chi connectivity index (χ1n) is 12.7.